The van der Waals surface area contributed by atoms with Crippen LogP contribution in [0.1, 0.15) is 5.56 Å². The molecule has 0 radical (unpaired) electrons. The molecule has 2 N–H and O–H groups in total. The topological polar surface area (TPSA) is 59.0 Å². The van der Waals surface area contributed by atoms with E-state index in [-0.39, 0.29) is 0 Å². The summed E-state index contributed by atoms with van der Waals surface area (Å²) in [4.78, 5) is 0. The van der Waals surface area contributed by atoms with E-state index in [0.29, 0.717) is 33.7 Å². The number of nitriles is 1. The molecule has 2 aromatic carbocycles. The van der Waals surface area contributed by atoms with Gasteiger partial charge in [-0.15, -0.1) is 0 Å². The first kappa shape index (κ1) is 13.5. The highest BCUT2D eigenvalue weighted by atomic mass is 35.5. The molecular weight excluding hydrogens is 283 g/mol. The van der Waals surface area contributed by atoms with Crippen LogP contribution >= 0.6 is 23.2 Å². The molecule has 2 rings (SSSR count). The molecule has 3 nitrogen and oxygen atoms in total. The summed E-state index contributed by atoms with van der Waals surface area (Å²) in [6.45, 7) is 0. The third-order valence-electron chi connectivity index (χ3n) is 2.49. The standard InChI is InChI=1S/C14H10Cl2N2O/c15-11-7-13(18)14(8-12(11)16)19-10-3-1-9(2-4-10)5-6-17/h1-4,7-8H,5,18H2. The Bertz CT molecular complexity index is 633. The van der Waals surface area contributed by atoms with Crippen LogP contribution in [0.2, 0.25) is 10.0 Å². The van der Waals surface area contributed by atoms with Crippen LogP contribution < -0.4 is 10.5 Å². The Morgan fingerprint density at radius 2 is 1.74 bits per heavy atom. The summed E-state index contributed by atoms with van der Waals surface area (Å²) >= 11 is 11.8. The molecular formula is C14H10Cl2N2O. The average molecular weight is 293 g/mol. The lowest BCUT2D eigenvalue weighted by Crippen LogP contribution is -1.93. The third-order valence-corrected chi connectivity index (χ3v) is 3.21. The summed E-state index contributed by atoms with van der Waals surface area (Å²) in [6, 6.07) is 12.4. The first-order valence-electron chi connectivity index (χ1n) is 5.48. The van der Waals surface area contributed by atoms with Gasteiger partial charge in [-0.3, -0.25) is 0 Å². The zero-order chi connectivity index (χ0) is 13.8. The van der Waals surface area contributed by atoms with Crippen molar-refractivity contribution in [3.05, 3.63) is 52.0 Å². The minimum absolute atomic E-state index is 0.370. The van der Waals surface area contributed by atoms with E-state index in [0.717, 1.165) is 5.56 Å². The highest BCUT2D eigenvalue weighted by molar-refractivity contribution is 6.42. The van der Waals surface area contributed by atoms with Crippen molar-refractivity contribution in [2.45, 2.75) is 6.42 Å². The molecule has 0 fully saturated rings. The van der Waals surface area contributed by atoms with Gasteiger partial charge in [-0.1, -0.05) is 35.3 Å². The Hall–Kier alpha value is -1.89. The zero-order valence-corrected chi connectivity index (χ0v) is 11.4. The van der Waals surface area contributed by atoms with Crippen molar-refractivity contribution in [3.63, 3.8) is 0 Å². The molecule has 0 aliphatic rings. The molecule has 0 bridgehead atoms. The number of ether oxygens (including phenoxy) is 1. The van der Waals surface area contributed by atoms with Gasteiger partial charge in [0, 0.05) is 6.07 Å². The Labute approximate surface area is 121 Å². The SMILES string of the molecule is N#CCc1ccc(Oc2cc(Cl)c(Cl)cc2N)cc1. The Morgan fingerprint density at radius 3 is 2.37 bits per heavy atom. The monoisotopic (exact) mass is 292 g/mol. The van der Waals surface area contributed by atoms with Crippen LogP contribution in [0.4, 0.5) is 5.69 Å². The van der Waals surface area contributed by atoms with Gasteiger partial charge in [0.05, 0.1) is 28.2 Å². The molecule has 0 aliphatic carbocycles. The largest absolute Gasteiger partial charge is 0.455 e. The second-order valence-electron chi connectivity index (χ2n) is 3.89. The summed E-state index contributed by atoms with van der Waals surface area (Å²) in [7, 11) is 0. The van der Waals surface area contributed by atoms with E-state index < -0.39 is 0 Å². The van der Waals surface area contributed by atoms with Crippen molar-refractivity contribution >= 4 is 28.9 Å². The van der Waals surface area contributed by atoms with E-state index in [1.807, 2.05) is 12.1 Å². The summed E-state index contributed by atoms with van der Waals surface area (Å²) in [5.74, 6) is 1.06. The van der Waals surface area contributed by atoms with Crippen LogP contribution in [-0.4, -0.2) is 0 Å². The molecule has 0 spiro atoms. The van der Waals surface area contributed by atoms with Gasteiger partial charge < -0.3 is 10.5 Å². The molecule has 0 heterocycles. The highest BCUT2D eigenvalue weighted by Crippen LogP contribution is 2.35. The number of nitrogens with two attached hydrogens (primary N) is 1. The molecule has 0 aromatic heterocycles. The van der Waals surface area contributed by atoms with Gasteiger partial charge in [0.1, 0.15) is 5.75 Å². The molecule has 0 aliphatic heterocycles. The van der Waals surface area contributed by atoms with E-state index in [1.165, 1.54) is 0 Å². The lowest BCUT2D eigenvalue weighted by molar-refractivity contribution is 0.485. The van der Waals surface area contributed by atoms with Crippen LogP contribution in [0.3, 0.4) is 0 Å². The number of anilines is 1. The quantitative estimate of drug-likeness (QED) is 0.851. The minimum Gasteiger partial charge on any atom is -0.455 e. The number of rotatable bonds is 3. The van der Waals surface area contributed by atoms with Crippen molar-refractivity contribution in [1.82, 2.24) is 0 Å². The second-order valence-corrected chi connectivity index (χ2v) is 4.70. The number of hydrogen-bond donors (Lipinski definition) is 1. The molecule has 5 heteroatoms. The van der Waals surface area contributed by atoms with E-state index >= 15 is 0 Å². The average Bonchev–Trinajstić information content (AvgIpc) is 2.38. The van der Waals surface area contributed by atoms with Gasteiger partial charge >= 0.3 is 0 Å². The Kier molecular flexibility index (Phi) is 4.16. The Balaban J connectivity index is 2.22. The van der Waals surface area contributed by atoms with Crippen LogP contribution in [0.15, 0.2) is 36.4 Å². The van der Waals surface area contributed by atoms with Crippen molar-refractivity contribution in [1.29, 1.82) is 5.26 Å². The van der Waals surface area contributed by atoms with Crippen LogP contribution in [-0.2, 0) is 6.42 Å². The molecule has 0 saturated carbocycles. The highest BCUT2D eigenvalue weighted by Gasteiger charge is 2.07. The number of nitrogens with zero attached hydrogens (tertiary/aromatic N) is 1. The summed E-state index contributed by atoms with van der Waals surface area (Å²) in [5.41, 5.74) is 7.14. The van der Waals surface area contributed by atoms with E-state index in [4.69, 9.17) is 38.9 Å². The summed E-state index contributed by atoms with van der Waals surface area (Å²) in [5, 5.41) is 9.36. The van der Waals surface area contributed by atoms with Gasteiger partial charge in [0.15, 0.2) is 5.75 Å². The van der Waals surface area contributed by atoms with Crippen molar-refractivity contribution in [2.24, 2.45) is 0 Å². The fraction of sp³-hybridized carbons (Fsp3) is 0.0714. The molecule has 96 valence electrons. The fourth-order valence-corrected chi connectivity index (χ4v) is 1.85. The minimum atomic E-state index is 0.370. The van der Waals surface area contributed by atoms with Gasteiger partial charge in [-0.25, -0.2) is 0 Å². The van der Waals surface area contributed by atoms with Crippen LogP contribution in [0.25, 0.3) is 0 Å². The van der Waals surface area contributed by atoms with Crippen molar-refractivity contribution < 1.29 is 4.74 Å². The predicted octanol–water partition coefficient (Wildman–Crippen LogP) is 4.43. The molecule has 0 saturated heterocycles. The number of benzene rings is 2. The second kappa shape index (κ2) is 5.83. The van der Waals surface area contributed by atoms with E-state index in [1.54, 1.807) is 24.3 Å². The number of nitrogen functional groups attached to an aromatic ring is 1. The summed E-state index contributed by atoms with van der Waals surface area (Å²) in [6.07, 6.45) is 0.370. The predicted molar refractivity (Wildman–Crippen MR) is 76.7 cm³/mol. The first-order valence-corrected chi connectivity index (χ1v) is 6.24. The van der Waals surface area contributed by atoms with Gasteiger partial charge in [-0.05, 0) is 23.8 Å². The molecule has 19 heavy (non-hydrogen) atoms. The molecule has 0 unspecified atom stereocenters. The third kappa shape index (κ3) is 3.31. The van der Waals surface area contributed by atoms with Gasteiger partial charge in [0.2, 0.25) is 0 Å². The zero-order valence-electron chi connectivity index (χ0n) is 9.86. The Morgan fingerprint density at radius 1 is 1.11 bits per heavy atom. The number of halogens is 2. The maximum Gasteiger partial charge on any atom is 0.151 e. The maximum atomic E-state index is 8.59. The lowest BCUT2D eigenvalue weighted by atomic mass is 10.2. The smallest absolute Gasteiger partial charge is 0.151 e. The van der Waals surface area contributed by atoms with E-state index in [2.05, 4.69) is 6.07 Å². The molecule has 2 aromatic rings. The van der Waals surface area contributed by atoms with E-state index in [9.17, 15) is 0 Å². The fourth-order valence-electron chi connectivity index (χ4n) is 1.53. The van der Waals surface area contributed by atoms with Crippen LogP contribution in [0.5, 0.6) is 11.5 Å². The maximum absolute atomic E-state index is 8.59. The first-order chi connectivity index (χ1) is 9.10. The summed E-state index contributed by atoms with van der Waals surface area (Å²) < 4.78 is 5.63. The lowest BCUT2D eigenvalue weighted by Gasteiger charge is -2.10. The molecule has 0 amide bonds. The molecule has 0 atom stereocenters. The van der Waals surface area contributed by atoms with Crippen LogP contribution in [0, 0.1) is 11.3 Å². The van der Waals surface area contributed by atoms with Gasteiger partial charge in [0.25, 0.3) is 0 Å². The number of hydrogen-bond acceptors (Lipinski definition) is 3. The van der Waals surface area contributed by atoms with Gasteiger partial charge in [-0.2, -0.15) is 5.26 Å². The van der Waals surface area contributed by atoms with Crippen molar-refractivity contribution in [3.8, 4) is 17.6 Å². The van der Waals surface area contributed by atoms with Crippen molar-refractivity contribution in [2.75, 3.05) is 5.73 Å². The normalized spacial score (nSPS) is 9.95.